The van der Waals surface area contributed by atoms with Crippen LogP contribution in [-0.2, 0) is 0 Å². The number of benzene rings is 3. The molecule has 0 bridgehead atoms. The quantitative estimate of drug-likeness (QED) is 0.381. The summed E-state index contributed by atoms with van der Waals surface area (Å²) in [7, 11) is 0. The van der Waals surface area contributed by atoms with E-state index >= 15 is 0 Å². The van der Waals surface area contributed by atoms with Crippen molar-refractivity contribution in [3.63, 3.8) is 0 Å². The lowest BCUT2D eigenvalue weighted by Crippen LogP contribution is -2.00. The normalized spacial score (nSPS) is 11.1. The molecule has 4 N–H and O–H groups in total. The molecule has 0 spiro atoms. The van der Waals surface area contributed by atoms with Crippen molar-refractivity contribution in [2.75, 3.05) is 11.1 Å². The third-order valence-electron chi connectivity index (χ3n) is 4.79. The van der Waals surface area contributed by atoms with Gasteiger partial charge in [0.25, 0.3) is 0 Å². The lowest BCUT2D eigenvalue weighted by molar-refractivity contribution is 0.468. The van der Waals surface area contributed by atoms with E-state index in [1.165, 1.54) is 0 Å². The van der Waals surface area contributed by atoms with Gasteiger partial charge in [-0.25, -0.2) is 4.98 Å². The Morgan fingerprint density at radius 1 is 1.03 bits per heavy atom. The minimum atomic E-state index is 0.444. The fraction of sp³-hybridized carbons (Fsp3) is 0.0455. The van der Waals surface area contributed by atoms with Crippen LogP contribution in [0.2, 0.25) is 0 Å². The average molecular weight is 382 g/mol. The standard InChI is InChI=1S/C22H18N6O/c1-13-10-19-14(12-25-28-19)11-18(13)26-22-24-9-8-21(27-22)29-20-7-6-17(23)15-4-2-3-5-16(15)20/h2-12H,23H2,1H3,(H,25,28)(H,24,26,27). The maximum Gasteiger partial charge on any atom is 0.230 e. The average Bonchev–Trinajstić information content (AvgIpc) is 3.18. The zero-order chi connectivity index (χ0) is 19.8. The topological polar surface area (TPSA) is 102 Å². The fourth-order valence-corrected chi connectivity index (χ4v) is 3.31. The molecule has 7 heteroatoms. The first kappa shape index (κ1) is 17.0. The zero-order valence-electron chi connectivity index (χ0n) is 15.7. The van der Waals surface area contributed by atoms with Crippen molar-refractivity contribution in [3.05, 3.63) is 72.6 Å². The summed E-state index contributed by atoms with van der Waals surface area (Å²) in [6.45, 7) is 2.02. The van der Waals surface area contributed by atoms with Crippen LogP contribution < -0.4 is 15.8 Å². The van der Waals surface area contributed by atoms with Gasteiger partial charge in [-0.1, -0.05) is 24.3 Å². The number of nitrogens with one attached hydrogen (secondary N) is 2. The Labute approximate surface area is 166 Å². The molecule has 0 aliphatic heterocycles. The van der Waals surface area contributed by atoms with Crippen LogP contribution in [0.5, 0.6) is 11.6 Å². The summed E-state index contributed by atoms with van der Waals surface area (Å²) in [6.07, 6.45) is 3.45. The number of rotatable bonds is 4. The molecule has 29 heavy (non-hydrogen) atoms. The number of aryl methyl sites for hydroxylation is 1. The zero-order valence-corrected chi connectivity index (χ0v) is 15.7. The van der Waals surface area contributed by atoms with Gasteiger partial charge in [-0.3, -0.25) is 5.10 Å². The van der Waals surface area contributed by atoms with Crippen LogP contribution in [-0.4, -0.2) is 20.2 Å². The highest BCUT2D eigenvalue weighted by Gasteiger charge is 2.09. The van der Waals surface area contributed by atoms with Crippen LogP contribution in [0.25, 0.3) is 21.7 Å². The monoisotopic (exact) mass is 382 g/mol. The molecule has 2 aromatic heterocycles. The Bertz CT molecular complexity index is 1340. The van der Waals surface area contributed by atoms with Crippen molar-refractivity contribution in [3.8, 4) is 11.6 Å². The number of hydrogen-bond acceptors (Lipinski definition) is 6. The molecule has 142 valence electrons. The van der Waals surface area contributed by atoms with E-state index < -0.39 is 0 Å². The van der Waals surface area contributed by atoms with Crippen molar-refractivity contribution in [2.45, 2.75) is 6.92 Å². The second-order valence-corrected chi connectivity index (χ2v) is 6.77. The van der Waals surface area contributed by atoms with Gasteiger partial charge in [-0.15, -0.1) is 0 Å². The molecule has 7 nitrogen and oxygen atoms in total. The molecule has 2 heterocycles. The number of nitrogens with zero attached hydrogens (tertiary/aromatic N) is 3. The SMILES string of the molecule is Cc1cc2[nH]ncc2cc1Nc1nccc(Oc2ccc(N)c3ccccc23)n1. The van der Waals surface area contributed by atoms with Crippen molar-refractivity contribution >= 4 is 39.0 Å². The third-order valence-corrected chi connectivity index (χ3v) is 4.79. The summed E-state index contributed by atoms with van der Waals surface area (Å²) < 4.78 is 6.05. The molecular weight excluding hydrogens is 364 g/mol. The van der Waals surface area contributed by atoms with E-state index in [4.69, 9.17) is 10.5 Å². The van der Waals surface area contributed by atoms with Crippen LogP contribution in [0, 0.1) is 6.92 Å². The summed E-state index contributed by atoms with van der Waals surface area (Å²) in [5, 5.41) is 13.2. The smallest absolute Gasteiger partial charge is 0.230 e. The van der Waals surface area contributed by atoms with Crippen LogP contribution >= 0.6 is 0 Å². The number of H-pyrrole nitrogens is 1. The Kier molecular flexibility index (Phi) is 3.98. The van der Waals surface area contributed by atoms with Crippen LogP contribution in [0.4, 0.5) is 17.3 Å². The number of fused-ring (bicyclic) bond motifs is 2. The van der Waals surface area contributed by atoms with Gasteiger partial charge in [0.2, 0.25) is 11.8 Å². The molecule has 0 atom stereocenters. The molecule has 5 aromatic rings. The van der Waals surface area contributed by atoms with Crippen LogP contribution in [0.1, 0.15) is 5.56 Å². The maximum atomic E-state index is 6.08. The number of ether oxygens (including phenoxy) is 1. The van der Waals surface area contributed by atoms with Gasteiger partial charge in [0.05, 0.1) is 11.7 Å². The first-order chi connectivity index (χ1) is 14.2. The summed E-state index contributed by atoms with van der Waals surface area (Å²) in [5.74, 6) is 1.59. The summed E-state index contributed by atoms with van der Waals surface area (Å²) in [5.41, 5.74) is 9.74. The number of aromatic nitrogens is 4. The van der Waals surface area contributed by atoms with E-state index in [1.807, 2.05) is 55.5 Å². The van der Waals surface area contributed by atoms with Gasteiger partial charge < -0.3 is 15.8 Å². The van der Waals surface area contributed by atoms with E-state index in [-0.39, 0.29) is 0 Å². The minimum absolute atomic E-state index is 0.444. The molecule has 0 saturated carbocycles. The first-order valence-electron chi connectivity index (χ1n) is 9.16. The first-order valence-corrected chi connectivity index (χ1v) is 9.16. The molecule has 5 rings (SSSR count). The van der Waals surface area contributed by atoms with Crippen molar-refractivity contribution in [1.29, 1.82) is 0 Å². The molecule has 0 fully saturated rings. The second-order valence-electron chi connectivity index (χ2n) is 6.77. The van der Waals surface area contributed by atoms with E-state index in [9.17, 15) is 0 Å². The summed E-state index contributed by atoms with van der Waals surface area (Å²) in [6, 6.07) is 17.3. The van der Waals surface area contributed by atoms with E-state index in [2.05, 4.69) is 25.5 Å². The molecule has 0 amide bonds. The molecule has 0 saturated heterocycles. The Balaban J connectivity index is 1.46. The lowest BCUT2D eigenvalue weighted by atomic mass is 10.1. The molecule has 0 aliphatic carbocycles. The Morgan fingerprint density at radius 3 is 2.79 bits per heavy atom. The van der Waals surface area contributed by atoms with E-state index in [1.54, 1.807) is 18.5 Å². The number of hydrogen-bond donors (Lipinski definition) is 3. The van der Waals surface area contributed by atoms with Gasteiger partial charge in [-0.2, -0.15) is 10.1 Å². The molecule has 0 unspecified atom stereocenters. The van der Waals surface area contributed by atoms with Crippen molar-refractivity contribution in [1.82, 2.24) is 20.2 Å². The maximum absolute atomic E-state index is 6.08. The highest BCUT2D eigenvalue weighted by atomic mass is 16.5. The number of nitrogen functional groups attached to an aromatic ring is 1. The van der Waals surface area contributed by atoms with Crippen LogP contribution in [0.15, 0.2) is 67.0 Å². The minimum Gasteiger partial charge on any atom is -0.438 e. The number of aromatic amines is 1. The number of anilines is 3. The summed E-state index contributed by atoms with van der Waals surface area (Å²) >= 11 is 0. The predicted molar refractivity (Wildman–Crippen MR) is 115 cm³/mol. The molecular formula is C22H18N6O. The Morgan fingerprint density at radius 2 is 1.90 bits per heavy atom. The van der Waals surface area contributed by atoms with Gasteiger partial charge in [0.1, 0.15) is 5.75 Å². The molecule has 0 aliphatic rings. The van der Waals surface area contributed by atoms with Crippen molar-refractivity contribution in [2.24, 2.45) is 0 Å². The molecule has 3 aromatic carbocycles. The third kappa shape index (κ3) is 3.19. The highest BCUT2D eigenvalue weighted by Crippen LogP contribution is 2.33. The number of nitrogens with two attached hydrogens (primary N) is 1. The second kappa shape index (κ2) is 6.79. The largest absolute Gasteiger partial charge is 0.438 e. The van der Waals surface area contributed by atoms with Gasteiger partial charge in [0.15, 0.2) is 0 Å². The summed E-state index contributed by atoms with van der Waals surface area (Å²) in [4.78, 5) is 8.82. The highest BCUT2D eigenvalue weighted by molar-refractivity contribution is 5.97. The fourth-order valence-electron chi connectivity index (χ4n) is 3.31. The van der Waals surface area contributed by atoms with Crippen LogP contribution in [0.3, 0.4) is 0 Å². The predicted octanol–water partition coefficient (Wildman–Crippen LogP) is 4.93. The van der Waals surface area contributed by atoms with Crippen molar-refractivity contribution < 1.29 is 4.74 Å². The Hall–Kier alpha value is -4.13. The van der Waals surface area contributed by atoms with Gasteiger partial charge in [-0.05, 0) is 36.8 Å². The van der Waals surface area contributed by atoms with E-state index in [0.29, 0.717) is 23.3 Å². The lowest BCUT2D eigenvalue weighted by Gasteiger charge is -2.12. The van der Waals surface area contributed by atoms with Gasteiger partial charge in [0, 0.05) is 39.8 Å². The van der Waals surface area contributed by atoms with Gasteiger partial charge >= 0.3 is 0 Å². The van der Waals surface area contributed by atoms with E-state index in [0.717, 1.165) is 32.9 Å². The molecule has 0 radical (unpaired) electrons.